The van der Waals surface area contributed by atoms with Crippen LogP contribution in [-0.4, -0.2) is 48.0 Å². The first kappa shape index (κ1) is 11.4. The Labute approximate surface area is 92.4 Å². The summed E-state index contributed by atoms with van der Waals surface area (Å²) >= 11 is 0. The molecule has 1 heterocycles. The predicted octanol–water partition coefficient (Wildman–Crippen LogP) is 1.26. The highest BCUT2D eigenvalue weighted by atomic mass is 16.5. The lowest BCUT2D eigenvalue weighted by Gasteiger charge is -2.43. The van der Waals surface area contributed by atoms with E-state index in [1.54, 1.807) is 0 Å². The van der Waals surface area contributed by atoms with Gasteiger partial charge in [0.1, 0.15) is 0 Å². The van der Waals surface area contributed by atoms with Gasteiger partial charge in [0.25, 0.3) is 0 Å². The van der Waals surface area contributed by atoms with Crippen LogP contribution in [0.15, 0.2) is 0 Å². The third-order valence-electron chi connectivity index (χ3n) is 3.78. The molecule has 0 aromatic rings. The molecule has 2 aliphatic rings. The number of aliphatic hydroxyl groups excluding tert-OH is 1. The van der Waals surface area contributed by atoms with E-state index in [0.717, 1.165) is 38.5 Å². The van der Waals surface area contributed by atoms with Crippen molar-refractivity contribution >= 4 is 0 Å². The van der Waals surface area contributed by atoms with Crippen LogP contribution in [0.3, 0.4) is 0 Å². The Morgan fingerprint density at radius 1 is 1.27 bits per heavy atom. The zero-order chi connectivity index (χ0) is 10.8. The fourth-order valence-corrected chi connectivity index (χ4v) is 2.87. The highest BCUT2D eigenvalue weighted by Crippen LogP contribution is 2.28. The molecule has 1 saturated carbocycles. The molecule has 3 heteroatoms. The van der Waals surface area contributed by atoms with Gasteiger partial charge in [-0.15, -0.1) is 0 Å². The number of hydrogen-bond donors (Lipinski definition) is 1. The third kappa shape index (κ3) is 2.71. The second-order valence-electron chi connectivity index (χ2n) is 5.23. The molecule has 2 fully saturated rings. The Hall–Kier alpha value is -0.120. The lowest BCUT2D eigenvalue weighted by Crippen LogP contribution is -2.53. The minimum absolute atomic E-state index is 0.119. The van der Waals surface area contributed by atoms with Crippen LogP contribution in [0.2, 0.25) is 0 Å². The van der Waals surface area contributed by atoms with Gasteiger partial charge in [-0.05, 0) is 32.1 Å². The average Bonchev–Trinajstić information content (AvgIpc) is 2.22. The first-order valence-corrected chi connectivity index (χ1v) is 6.20. The molecular formula is C12H23NO2. The summed E-state index contributed by atoms with van der Waals surface area (Å²) in [5.41, 5.74) is 0. The van der Waals surface area contributed by atoms with Crippen LogP contribution in [0, 0.1) is 5.92 Å². The zero-order valence-corrected chi connectivity index (χ0v) is 9.85. The monoisotopic (exact) mass is 213 g/mol. The first-order chi connectivity index (χ1) is 7.16. The molecule has 0 bridgehead atoms. The molecule has 0 spiro atoms. The van der Waals surface area contributed by atoms with Crippen LogP contribution in [0.1, 0.15) is 33.1 Å². The molecule has 0 aromatic carbocycles. The van der Waals surface area contributed by atoms with Crippen molar-refractivity contribution in [2.75, 3.05) is 19.7 Å². The van der Waals surface area contributed by atoms with Gasteiger partial charge in [0.05, 0.1) is 18.8 Å². The van der Waals surface area contributed by atoms with E-state index in [1.807, 2.05) is 0 Å². The standard InChI is InChI=1S/C12H23NO2/c1-9-3-4-12(14)11(7-9)13-5-6-15-10(2)8-13/h9-12,14H,3-8H2,1-2H3. The number of hydrogen-bond acceptors (Lipinski definition) is 3. The van der Waals surface area contributed by atoms with Crippen molar-refractivity contribution in [1.29, 1.82) is 0 Å². The van der Waals surface area contributed by atoms with Crippen molar-refractivity contribution in [2.45, 2.75) is 51.4 Å². The molecule has 2 rings (SSSR count). The molecule has 1 aliphatic heterocycles. The summed E-state index contributed by atoms with van der Waals surface area (Å²) in [5.74, 6) is 0.761. The normalized spacial score (nSPS) is 44.2. The van der Waals surface area contributed by atoms with Crippen molar-refractivity contribution < 1.29 is 9.84 Å². The molecule has 4 unspecified atom stereocenters. The number of morpholine rings is 1. The van der Waals surface area contributed by atoms with E-state index in [-0.39, 0.29) is 6.10 Å². The highest BCUT2D eigenvalue weighted by Gasteiger charge is 2.33. The van der Waals surface area contributed by atoms with Crippen molar-refractivity contribution in [1.82, 2.24) is 4.90 Å². The molecule has 1 N–H and O–H groups in total. The predicted molar refractivity (Wildman–Crippen MR) is 59.8 cm³/mol. The van der Waals surface area contributed by atoms with Crippen LogP contribution in [-0.2, 0) is 4.74 Å². The van der Waals surface area contributed by atoms with Crippen molar-refractivity contribution in [3.05, 3.63) is 0 Å². The number of nitrogens with zero attached hydrogens (tertiary/aromatic N) is 1. The van der Waals surface area contributed by atoms with Gasteiger partial charge in [0, 0.05) is 19.1 Å². The van der Waals surface area contributed by atoms with Crippen LogP contribution in [0.5, 0.6) is 0 Å². The summed E-state index contributed by atoms with van der Waals surface area (Å²) in [6, 6.07) is 0.375. The topological polar surface area (TPSA) is 32.7 Å². The fourth-order valence-electron chi connectivity index (χ4n) is 2.87. The highest BCUT2D eigenvalue weighted by molar-refractivity contribution is 4.87. The van der Waals surface area contributed by atoms with Gasteiger partial charge in [-0.25, -0.2) is 0 Å². The van der Waals surface area contributed by atoms with Gasteiger partial charge in [-0.1, -0.05) is 6.92 Å². The number of aliphatic hydroxyl groups is 1. The Balaban J connectivity index is 1.94. The molecule has 1 saturated heterocycles. The maximum Gasteiger partial charge on any atom is 0.0695 e. The molecular weight excluding hydrogens is 190 g/mol. The quantitative estimate of drug-likeness (QED) is 0.711. The van der Waals surface area contributed by atoms with E-state index in [0.29, 0.717) is 12.1 Å². The van der Waals surface area contributed by atoms with Crippen LogP contribution < -0.4 is 0 Å². The molecule has 0 radical (unpaired) electrons. The lowest BCUT2D eigenvalue weighted by atomic mass is 9.84. The van der Waals surface area contributed by atoms with Gasteiger partial charge in [-0.2, -0.15) is 0 Å². The molecule has 3 nitrogen and oxygen atoms in total. The SMILES string of the molecule is CC1CCC(O)C(N2CCOC(C)C2)C1. The summed E-state index contributed by atoms with van der Waals surface area (Å²) in [5, 5.41) is 10.0. The van der Waals surface area contributed by atoms with Gasteiger partial charge >= 0.3 is 0 Å². The molecule has 88 valence electrons. The maximum absolute atomic E-state index is 10.0. The molecule has 15 heavy (non-hydrogen) atoms. The Bertz CT molecular complexity index is 210. The summed E-state index contributed by atoms with van der Waals surface area (Å²) < 4.78 is 5.54. The average molecular weight is 213 g/mol. The Morgan fingerprint density at radius 3 is 2.80 bits per heavy atom. The van der Waals surface area contributed by atoms with Crippen LogP contribution in [0.4, 0.5) is 0 Å². The van der Waals surface area contributed by atoms with E-state index in [1.165, 1.54) is 6.42 Å². The summed E-state index contributed by atoms with van der Waals surface area (Å²) in [6.07, 6.45) is 3.50. The summed E-state index contributed by atoms with van der Waals surface area (Å²) in [4.78, 5) is 2.43. The minimum atomic E-state index is -0.119. The van der Waals surface area contributed by atoms with E-state index < -0.39 is 0 Å². The number of ether oxygens (including phenoxy) is 1. The maximum atomic E-state index is 10.0. The minimum Gasteiger partial charge on any atom is -0.391 e. The van der Waals surface area contributed by atoms with E-state index >= 15 is 0 Å². The third-order valence-corrected chi connectivity index (χ3v) is 3.78. The van der Waals surface area contributed by atoms with Gasteiger partial charge < -0.3 is 9.84 Å². The van der Waals surface area contributed by atoms with Crippen molar-refractivity contribution in [3.8, 4) is 0 Å². The Kier molecular flexibility index (Phi) is 3.65. The smallest absolute Gasteiger partial charge is 0.0695 e. The van der Waals surface area contributed by atoms with E-state index in [2.05, 4.69) is 18.7 Å². The Morgan fingerprint density at radius 2 is 2.07 bits per heavy atom. The van der Waals surface area contributed by atoms with Crippen LogP contribution >= 0.6 is 0 Å². The van der Waals surface area contributed by atoms with Gasteiger partial charge in [0.15, 0.2) is 0 Å². The van der Waals surface area contributed by atoms with E-state index in [4.69, 9.17) is 4.74 Å². The second kappa shape index (κ2) is 4.81. The summed E-state index contributed by atoms with van der Waals surface area (Å²) in [6.45, 7) is 7.19. The van der Waals surface area contributed by atoms with Crippen LogP contribution in [0.25, 0.3) is 0 Å². The number of rotatable bonds is 1. The van der Waals surface area contributed by atoms with E-state index in [9.17, 15) is 5.11 Å². The van der Waals surface area contributed by atoms with Crippen molar-refractivity contribution in [2.24, 2.45) is 5.92 Å². The molecule has 4 atom stereocenters. The fraction of sp³-hybridized carbons (Fsp3) is 1.00. The lowest BCUT2D eigenvalue weighted by molar-refractivity contribution is -0.0721. The zero-order valence-electron chi connectivity index (χ0n) is 9.85. The molecule has 0 aromatic heterocycles. The van der Waals surface area contributed by atoms with Crippen molar-refractivity contribution in [3.63, 3.8) is 0 Å². The van der Waals surface area contributed by atoms with Gasteiger partial charge in [0.2, 0.25) is 0 Å². The molecule has 0 amide bonds. The second-order valence-corrected chi connectivity index (χ2v) is 5.23. The largest absolute Gasteiger partial charge is 0.391 e. The molecule has 1 aliphatic carbocycles. The summed E-state index contributed by atoms with van der Waals surface area (Å²) in [7, 11) is 0. The first-order valence-electron chi connectivity index (χ1n) is 6.20. The van der Waals surface area contributed by atoms with Gasteiger partial charge in [-0.3, -0.25) is 4.90 Å².